The number of carbonyl (C=O) groups excluding carboxylic acids is 1. The average molecular weight is 375 g/mol. The number of hydrogen-bond acceptors (Lipinski definition) is 3. The minimum absolute atomic E-state index is 0.0994. The predicted octanol–water partition coefficient (Wildman–Crippen LogP) is 4.62. The van der Waals surface area contributed by atoms with Crippen molar-refractivity contribution in [2.45, 2.75) is 18.9 Å². The molecule has 0 spiro atoms. The topological polar surface area (TPSA) is 51.2 Å². The van der Waals surface area contributed by atoms with E-state index >= 15 is 0 Å². The van der Waals surface area contributed by atoms with E-state index in [4.69, 9.17) is 27.9 Å². The molecule has 1 atom stereocenters. The molecule has 4 nitrogen and oxygen atoms in total. The SMILES string of the molecule is Clc1ccccc1Cl.O=C1NC(c2cncc(C#CC3CC3)c2)CO1. The van der Waals surface area contributed by atoms with Crippen LogP contribution in [0.1, 0.15) is 30.0 Å². The molecule has 2 fully saturated rings. The van der Waals surface area contributed by atoms with Crippen LogP contribution < -0.4 is 5.32 Å². The Labute approximate surface area is 156 Å². The molecular formula is C19H16Cl2N2O2. The van der Waals surface area contributed by atoms with Gasteiger partial charge < -0.3 is 10.1 Å². The summed E-state index contributed by atoms with van der Waals surface area (Å²) in [7, 11) is 0. The van der Waals surface area contributed by atoms with Gasteiger partial charge in [-0.3, -0.25) is 4.98 Å². The molecule has 25 heavy (non-hydrogen) atoms. The summed E-state index contributed by atoms with van der Waals surface area (Å²) in [6.45, 7) is 0.361. The maximum Gasteiger partial charge on any atom is 0.407 e. The van der Waals surface area contributed by atoms with Crippen LogP contribution in [0.15, 0.2) is 42.7 Å². The Balaban J connectivity index is 0.000000192. The molecule has 2 heterocycles. The Bertz CT molecular complexity index is 804. The number of cyclic esters (lactones) is 1. The fourth-order valence-electron chi connectivity index (χ4n) is 2.13. The molecule has 0 bridgehead atoms. The van der Waals surface area contributed by atoms with Gasteiger partial charge in [-0.2, -0.15) is 0 Å². The molecule has 1 aliphatic heterocycles. The lowest BCUT2D eigenvalue weighted by atomic mass is 10.1. The van der Waals surface area contributed by atoms with Crippen molar-refractivity contribution in [3.05, 3.63) is 63.9 Å². The third kappa shape index (κ3) is 5.38. The van der Waals surface area contributed by atoms with E-state index in [1.807, 2.05) is 18.2 Å². The summed E-state index contributed by atoms with van der Waals surface area (Å²) >= 11 is 11.2. The van der Waals surface area contributed by atoms with E-state index in [9.17, 15) is 4.79 Å². The first kappa shape index (κ1) is 17.6. The van der Waals surface area contributed by atoms with E-state index in [1.54, 1.807) is 24.5 Å². The summed E-state index contributed by atoms with van der Waals surface area (Å²) in [4.78, 5) is 15.1. The summed E-state index contributed by atoms with van der Waals surface area (Å²) in [6.07, 6.45) is 5.54. The quantitative estimate of drug-likeness (QED) is 0.741. The summed E-state index contributed by atoms with van der Waals surface area (Å²) in [5.74, 6) is 6.88. The van der Waals surface area contributed by atoms with Crippen molar-refractivity contribution in [3.8, 4) is 11.8 Å². The van der Waals surface area contributed by atoms with Gasteiger partial charge in [-0.05, 0) is 36.6 Å². The minimum atomic E-state index is -0.371. The molecule has 6 heteroatoms. The zero-order valence-corrected chi connectivity index (χ0v) is 14.8. The number of benzene rings is 1. The Morgan fingerprint density at radius 2 is 1.88 bits per heavy atom. The lowest BCUT2D eigenvalue weighted by Gasteiger charge is -2.06. The van der Waals surface area contributed by atoms with Crippen LogP contribution >= 0.6 is 23.2 Å². The highest BCUT2D eigenvalue weighted by Crippen LogP contribution is 2.27. The molecule has 1 aliphatic carbocycles. The van der Waals surface area contributed by atoms with Crippen molar-refractivity contribution >= 4 is 29.3 Å². The standard InChI is InChI=1S/C13H12N2O2.C6H4Cl2/c16-13-15-12(8-17-13)11-5-10(6-14-7-11)4-3-9-1-2-9;7-5-3-1-2-4-6(5)8/h5-7,9,12H,1-2,8H2,(H,15,16);1-4H. The highest BCUT2D eigenvalue weighted by atomic mass is 35.5. The number of hydrogen-bond donors (Lipinski definition) is 1. The fourth-order valence-corrected chi connectivity index (χ4v) is 2.40. The zero-order valence-electron chi connectivity index (χ0n) is 13.3. The highest BCUT2D eigenvalue weighted by Gasteiger charge is 2.24. The fraction of sp³-hybridized carbons (Fsp3) is 0.263. The van der Waals surface area contributed by atoms with Crippen molar-refractivity contribution in [1.29, 1.82) is 0 Å². The van der Waals surface area contributed by atoms with Crippen LogP contribution in [0.2, 0.25) is 10.0 Å². The maximum absolute atomic E-state index is 11.0. The molecule has 1 saturated heterocycles. The predicted molar refractivity (Wildman–Crippen MR) is 97.5 cm³/mol. The number of nitrogens with one attached hydrogen (secondary N) is 1. The monoisotopic (exact) mass is 374 g/mol. The lowest BCUT2D eigenvalue weighted by Crippen LogP contribution is -2.18. The Hall–Kier alpha value is -2.22. The second kappa shape index (κ2) is 8.24. The summed E-state index contributed by atoms with van der Waals surface area (Å²) in [5.41, 5.74) is 1.84. The first-order valence-electron chi connectivity index (χ1n) is 7.91. The van der Waals surface area contributed by atoms with Crippen molar-refractivity contribution in [2.24, 2.45) is 5.92 Å². The first-order chi connectivity index (χ1) is 12.1. The first-order valence-corrected chi connectivity index (χ1v) is 8.67. The second-order valence-corrected chi connectivity index (χ2v) is 6.57. The van der Waals surface area contributed by atoms with Crippen LogP contribution in [0.5, 0.6) is 0 Å². The number of ether oxygens (including phenoxy) is 1. The number of alkyl carbamates (subject to hydrolysis) is 1. The second-order valence-electron chi connectivity index (χ2n) is 5.76. The normalized spacial score (nSPS) is 18.2. The van der Waals surface area contributed by atoms with E-state index in [1.165, 1.54) is 12.8 Å². The number of amides is 1. The Morgan fingerprint density at radius 3 is 2.44 bits per heavy atom. The molecule has 0 radical (unpaired) electrons. The van der Waals surface area contributed by atoms with Crippen LogP contribution in [-0.2, 0) is 4.74 Å². The molecule has 1 N–H and O–H groups in total. The van der Waals surface area contributed by atoms with Gasteiger partial charge in [-0.25, -0.2) is 4.79 Å². The van der Waals surface area contributed by atoms with Gasteiger partial charge in [0.1, 0.15) is 6.61 Å². The third-order valence-electron chi connectivity index (χ3n) is 3.66. The minimum Gasteiger partial charge on any atom is -0.447 e. The highest BCUT2D eigenvalue weighted by molar-refractivity contribution is 6.41. The Kier molecular flexibility index (Phi) is 5.80. The number of nitrogens with zero attached hydrogens (tertiary/aromatic N) is 1. The molecule has 1 saturated carbocycles. The number of aromatic nitrogens is 1. The van der Waals surface area contributed by atoms with Gasteiger partial charge in [0.25, 0.3) is 0 Å². The van der Waals surface area contributed by atoms with Crippen LogP contribution in [-0.4, -0.2) is 17.7 Å². The molecule has 1 amide bonds. The zero-order chi connectivity index (χ0) is 17.6. The van der Waals surface area contributed by atoms with Gasteiger partial charge in [0, 0.05) is 23.9 Å². The van der Waals surface area contributed by atoms with E-state index in [0.717, 1.165) is 11.1 Å². The molecule has 1 aromatic carbocycles. The van der Waals surface area contributed by atoms with Crippen LogP contribution in [0.4, 0.5) is 4.79 Å². The molecular weight excluding hydrogens is 359 g/mol. The molecule has 4 rings (SSSR count). The van der Waals surface area contributed by atoms with Gasteiger partial charge in [0.2, 0.25) is 0 Å². The summed E-state index contributed by atoms with van der Waals surface area (Å²) < 4.78 is 4.85. The Morgan fingerprint density at radius 1 is 1.16 bits per heavy atom. The van der Waals surface area contributed by atoms with Gasteiger partial charge in [-0.15, -0.1) is 0 Å². The number of carbonyl (C=O) groups is 1. The number of halogens is 2. The summed E-state index contributed by atoms with van der Waals surface area (Å²) in [5, 5.41) is 3.94. The summed E-state index contributed by atoms with van der Waals surface area (Å²) in [6, 6.07) is 9.05. The van der Waals surface area contributed by atoms with E-state index in [-0.39, 0.29) is 12.1 Å². The van der Waals surface area contributed by atoms with Gasteiger partial charge in [0.15, 0.2) is 0 Å². The average Bonchev–Trinajstić information content (AvgIpc) is 3.36. The number of pyridine rings is 1. The lowest BCUT2D eigenvalue weighted by molar-refractivity contribution is 0.177. The van der Waals surface area contributed by atoms with E-state index < -0.39 is 0 Å². The largest absolute Gasteiger partial charge is 0.447 e. The maximum atomic E-state index is 11.0. The smallest absolute Gasteiger partial charge is 0.407 e. The van der Waals surface area contributed by atoms with Crippen LogP contribution in [0, 0.1) is 17.8 Å². The third-order valence-corrected chi connectivity index (χ3v) is 4.41. The van der Waals surface area contributed by atoms with E-state index in [0.29, 0.717) is 22.6 Å². The van der Waals surface area contributed by atoms with Gasteiger partial charge in [-0.1, -0.05) is 47.2 Å². The molecule has 2 aromatic rings. The van der Waals surface area contributed by atoms with Crippen molar-refractivity contribution in [3.63, 3.8) is 0 Å². The molecule has 2 aliphatic rings. The van der Waals surface area contributed by atoms with Gasteiger partial charge >= 0.3 is 6.09 Å². The molecule has 1 aromatic heterocycles. The molecule has 128 valence electrons. The van der Waals surface area contributed by atoms with Crippen molar-refractivity contribution in [2.75, 3.05) is 6.61 Å². The number of rotatable bonds is 1. The van der Waals surface area contributed by atoms with Crippen LogP contribution in [0.3, 0.4) is 0 Å². The van der Waals surface area contributed by atoms with Crippen LogP contribution in [0.25, 0.3) is 0 Å². The van der Waals surface area contributed by atoms with Gasteiger partial charge in [0.05, 0.1) is 16.1 Å². The molecule has 1 unspecified atom stereocenters. The van der Waals surface area contributed by atoms with Crippen molar-refractivity contribution < 1.29 is 9.53 Å². The van der Waals surface area contributed by atoms with Crippen molar-refractivity contribution in [1.82, 2.24) is 10.3 Å². The van der Waals surface area contributed by atoms with E-state index in [2.05, 4.69) is 22.1 Å².